The predicted molar refractivity (Wildman–Crippen MR) is 112 cm³/mol. The molecule has 6 heteroatoms. The molecule has 1 amide bonds. The first-order valence-electron chi connectivity index (χ1n) is 9.26. The molecule has 1 aliphatic heterocycles. The van der Waals surface area contributed by atoms with Crippen molar-refractivity contribution in [2.75, 3.05) is 5.32 Å². The van der Waals surface area contributed by atoms with Crippen LogP contribution < -0.4 is 5.32 Å². The van der Waals surface area contributed by atoms with Crippen molar-refractivity contribution < 1.29 is 9.00 Å². The maximum Gasteiger partial charge on any atom is 0.256 e. The highest BCUT2D eigenvalue weighted by molar-refractivity contribution is 7.83. The highest BCUT2D eigenvalue weighted by atomic mass is 32.2. The number of carbonyl (C=O) groups is 1. The quantitative estimate of drug-likeness (QED) is 0.728. The molecule has 1 aliphatic rings. The summed E-state index contributed by atoms with van der Waals surface area (Å²) < 4.78 is 13.9. The fourth-order valence-corrected chi connectivity index (χ4v) is 4.72. The lowest BCUT2D eigenvalue weighted by Crippen LogP contribution is -2.17. The Morgan fingerprint density at radius 2 is 1.82 bits per heavy atom. The van der Waals surface area contributed by atoms with Crippen molar-refractivity contribution >= 4 is 22.5 Å². The average molecular weight is 394 g/mol. The third-order valence-electron chi connectivity index (χ3n) is 5.47. The maximum absolute atomic E-state index is 13.0. The second-order valence-corrected chi connectivity index (χ2v) is 8.84. The van der Waals surface area contributed by atoms with Crippen molar-refractivity contribution in [2.24, 2.45) is 0 Å². The molecule has 1 N–H and O–H groups in total. The predicted octanol–water partition coefficient (Wildman–Crippen LogP) is 4.12. The van der Waals surface area contributed by atoms with Gasteiger partial charge in [0.05, 0.1) is 22.9 Å². The van der Waals surface area contributed by atoms with Gasteiger partial charge in [-0.15, -0.1) is 0 Å². The summed E-state index contributed by atoms with van der Waals surface area (Å²) in [5.74, 6) is 1.29. The van der Waals surface area contributed by atoms with E-state index in [1.807, 2.05) is 51.1 Å². The van der Waals surface area contributed by atoms with Crippen molar-refractivity contribution in [1.82, 2.24) is 9.78 Å². The zero-order valence-corrected chi connectivity index (χ0v) is 17.3. The zero-order valence-electron chi connectivity index (χ0n) is 16.5. The normalized spacial score (nSPS) is 15.5. The van der Waals surface area contributed by atoms with Crippen LogP contribution in [0, 0.1) is 27.7 Å². The molecule has 0 fully saturated rings. The number of aryl methyl sites for hydroxylation is 3. The van der Waals surface area contributed by atoms with Crippen LogP contribution in [0.1, 0.15) is 43.9 Å². The standard InChI is InChI=1S/C22H23N3O2S/c1-13-8-9-17(10-15(13)3)22(26)23-21-18-11-28(27)12-19(18)24-25(21)20-7-5-6-14(2)16(20)4/h5-10H,11-12H2,1-4H3,(H,23,26). The fraction of sp³-hybridized carbons (Fsp3) is 0.273. The molecule has 1 atom stereocenters. The number of rotatable bonds is 3. The van der Waals surface area contributed by atoms with E-state index < -0.39 is 10.8 Å². The Bertz CT molecular complexity index is 1130. The molecule has 3 aromatic rings. The lowest BCUT2D eigenvalue weighted by Gasteiger charge is -2.14. The van der Waals surface area contributed by atoms with Gasteiger partial charge in [-0.3, -0.25) is 9.00 Å². The second-order valence-electron chi connectivity index (χ2n) is 7.39. The van der Waals surface area contributed by atoms with E-state index in [4.69, 9.17) is 5.10 Å². The van der Waals surface area contributed by atoms with Crippen LogP contribution in [0.4, 0.5) is 5.82 Å². The van der Waals surface area contributed by atoms with Gasteiger partial charge < -0.3 is 5.32 Å². The highest BCUT2D eigenvalue weighted by Crippen LogP contribution is 2.33. The van der Waals surface area contributed by atoms with E-state index in [2.05, 4.69) is 18.3 Å². The minimum Gasteiger partial charge on any atom is -0.306 e. The summed E-state index contributed by atoms with van der Waals surface area (Å²) in [6, 6.07) is 11.7. The lowest BCUT2D eigenvalue weighted by molar-refractivity contribution is 0.102. The van der Waals surface area contributed by atoms with Gasteiger partial charge in [0.1, 0.15) is 5.82 Å². The lowest BCUT2D eigenvalue weighted by atomic mass is 10.1. The van der Waals surface area contributed by atoms with Gasteiger partial charge in [0.15, 0.2) is 0 Å². The first-order valence-corrected chi connectivity index (χ1v) is 10.7. The van der Waals surface area contributed by atoms with Crippen LogP contribution in [-0.4, -0.2) is 19.9 Å². The number of hydrogen-bond donors (Lipinski definition) is 1. The van der Waals surface area contributed by atoms with Gasteiger partial charge in [0.25, 0.3) is 5.91 Å². The van der Waals surface area contributed by atoms with Gasteiger partial charge in [-0.05, 0) is 68.1 Å². The van der Waals surface area contributed by atoms with Gasteiger partial charge in [-0.2, -0.15) is 5.10 Å². The van der Waals surface area contributed by atoms with Gasteiger partial charge in [0.2, 0.25) is 0 Å². The number of aromatic nitrogens is 2. The summed E-state index contributed by atoms with van der Waals surface area (Å²) in [6.07, 6.45) is 0. The molecule has 28 heavy (non-hydrogen) atoms. The molecule has 144 valence electrons. The fourth-order valence-electron chi connectivity index (χ4n) is 3.46. The van der Waals surface area contributed by atoms with Crippen molar-refractivity contribution in [3.63, 3.8) is 0 Å². The molecule has 0 saturated heterocycles. The SMILES string of the molecule is Cc1ccc(C(=O)Nc2c3c(nn2-c2cccc(C)c2C)CS(=O)C3)cc1C. The second kappa shape index (κ2) is 7.02. The van der Waals surface area contributed by atoms with Crippen LogP contribution in [-0.2, 0) is 22.3 Å². The van der Waals surface area contributed by atoms with Gasteiger partial charge in [-0.25, -0.2) is 4.68 Å². The molecular weight excluding hydrogens is 370 g/mol. The number of anilines is 1. The molecule has 5 nitrogen and oxygen atoms in total. The number of hydrogen-bond acceptors (Lipinski definition) is 3. The first-order chi connectivity index (χ1) is 13.3. The summed E-state index contributed by atoms with van der Waals surface area (Å²) in [5.41, 5.74) is 7.68. The van der Waals surface area contributed by atoms with Crippen LogP contribution >= 0.6 is 0 Å². The molecule has 0 radical (unpaired) electrons. The Labute approximate surface area is 167 Å². The van der Waals surface area contributed by atoms with Gasteiger partial charge >= 0.3 is 0 Å². The third-order valence-corrected chi connectivity index (χ3v) is 6.68. The number of carbonyl (C=O) groups excluding carboxylic acids is 1. The molecule has 2 heterocycles. The summed E-state index contributed by atoms with van der Waals surface area (Å²) in [5, 5.41) is 7.75. The maximum atomic E-state index is 13.0. The average Bonchev–Trinajstić information content (AvgIpc) is 3.17. The summed E-state index contributed by atoms with van der Waals surface area (Å²) in [4.78, 5) is 13.0. The number of benzene rings is 2. The smallest absolute Gasteiger partial charge is 0.256 e. The van der Waals surface area contributed by atoms with E-state index in [0.717, 1.165) is 39.2 Å². The molecule has 0 bridgehead atoms. The Morgan fingerprint density at radius 3 is 2.57 bits per heavy atom. The Hall–Kier alpha value is -2.73. The molecule has 1 aromatic heterocycles. The van der Waals surface area contributed by atoms with E-state index in [9.17, 15) is 9.00 Å². The summed E-state index contributed by atoms with van der Waals surface area (Å²) in [6.45, 7) is 8.12. The van der Waals surface area contributed by atoms with E-state index in [1.54, 1.807) is 4.68 Å². The number of nitrogens with one attached hydrogen (secondary N) is 1. The Morgan fingerprint density at radius 1 is 1.04 bits per heavy atom. The third kappa shape index (κ3) is 3.18. The largest absolute Gasteiger partial charge is 0.306 e. The van der Waals surface area contributed by atoms with E-state index in [-0.39, 0.29) is 5.91 Å². The van der Waals surface area contributed by atoms with Crippen LogP contribution in [0.5, 0.6) is 0 Å². The Balaban J connectivity index is 1.79. The van der Waals surface area contributed by atoms with Crippen molar-refractivity contribution in [2.45, 2.75) is 39.2 Å². The summed E-state index contributed by atoms with van der Waals surface area (Å²) >= 11 is 0. The van der Waals surface area contributed by atoms with E-state index in [0.29, 0.717) is 22.9 Å². The Kier molecular flexibility index (Phi) is 4.67. The summed E-state index contributed by atoms with van der Waals surface area (Å²) in [7, 11) is -0.966. The number of amides is 1. The zero-order chi connectivity index (χ0) is 20.0. The van der Waals surface area contributed by atoms with Crippen molar-refractivity contribution in [1.29, 1.82) is 0 Å². The molecule has 0 aliphatic carbocycles. The minimum atomic E-state index is -0.966. The minimum absolute atomic E-state index is 0.185. The topological polar surface area (TPSA) is 64.0 Å². The van der Waals surface area contributed by atoms with Crippen LogP contribution in [0.15, 0.2) is 36.4 Å². The van der Waals surface area contributed by atoms with E-state index >= 15 is 0 Å². The number of nitrogens with zero attached hydrogens (tertiary/aromatic N) is 2. The molecule has 4 rings (SSSR count). The van der Waals surface area contributed by atoms with Crippen molar-refractivity contribution in [3.8, 4) is 5.69 Å². The first kappa shape index (κ1) is 18.6. The molecule has 0 saturated carbocycles. The highest BCUT2D eigenvalue weighted by Gasteiger charge is 2.29. The van der Waals surface area contributed by atoms with Crippen LogP contribution in [0.2, 0.25) is 0 Å². The van der Waals surface area contributed by atoms with Crippen molar-refractivity contribution in [3.05, 3.63) is 75.5 Å². The number of fused-ring (bicyclic) bond motifs is 1. The van der Waals surface area contributed by atoms with Crippen LogP contribution in [0.25, 0.3) is 5.69 Å². The molecule has 2 aromatic carbocycles. The van der Waals surface area contributed by atoms with Crippen LogP contribution in [0.3, 0.4) is 0 Å². The molecule has 0 spiro atoms. The van der Waals surface area contributed by atoms with E-state index in [1.165, 1.54) is 0 Å². The molecular formula is C22H23N3O2S. The van der Waals surface area contributed by atoms with Gasteiger partial charge in [0, 0.05) is 21.9 Å². The monoisotopic (exact) mass is 393 g/mol. The van der Waals surface area contributed by atoms with Gasteiger partial charge in [-0.1, -0.05) is 18.2 Å². The molecule has 1 unspecified atom stereocenters.